The maximum absolute atomic E-state index is 5.55. The zero-order chi connectivity index (χ0) is 10.5. The molecule has 2 rings (SSSR count). The fourth-order valence-corrected chi connectivity index (χ4v) is 1.12. The molecule has 0 saturated carbocycles. The van der Waals surface area contributed by atoms with Crippen molar-refractivity contribution in [1.29, 1.82) is 0 Å². The van der Waals surface area contributed by atoms with E-state index in [0.717, 1.165) is 11.4 Å². The van der Waals surface area contributed by atoms with Crippen LogP contribution in [0.4, 0.5) is 5.69 Å². The number of ether oxygens (including phenoxy) is 1. The van der Waals surface area contributed by atoms with E-state index in [1.54, 1.807) is 30.6 Å². The average molecular weight is 201 g/mol. The molecule has 0 aliphatic carbocycles. The molecule has 1 aromatic carbocycles. The van der Waals surface area contributed by atoms with E-state index >= 15 is 0 Å². The number of hydrogen-bond donors (Lipinski definition) is 1. The molecule has 0 amide bonds. The fourth-order valence-electron chi connectivity index (χ4n) is 1.12. The lowest BCUT2D eigenvalue weighted by Crippen LogP contribution is -2.00. The van der Waals surface area contributed by atoms with Crippen LogP contribution in [0, 0.1) is 0 Å². The van der Waals surface area contributed by atoms with Crippen LogP contribution in [0.15, 0.2) is 42.7 Å². The molecule has 4 nitrogen and oxygen atoms in total. The molecule has 0 radical (unpaired) electrons. The number of nitrogens with zero attached hydrogens (tertiary/aromatic N) is 2. The Morgan fingerprint density at radius 1 is 1.07 bits per heavy atom. The lowest BCUT2D eigenvalue weighted by molar-refractivity contribution is 0.296. The van der Waals surface area contributed by atoms with Gasteiger partial charge in [0.15, 0.2) is 5.82 Å². The van der Waals surface area contributed by atoms with Crippen molar-refractivity contribution < 1.29 is 4.74 Å². The summed E-state index contributed by atoms with van der Waals surface area (Å²) in [5.41, 5.74) is 6.27. The van der Waals surface area contributed by atoms with Gasteiger partial charge in [-0.1, -0.05) is 0 Å². The number of nitrogen functional groups attached to an aromatic ring is 1. The van der Waals surface area contributed by atoms with Gasteiger partial charge < -0.3 is 10.5 Å². The van der Waals surface area contributed by atoms with E-state index < -0.39 is 0 Å². The third-order valence-electron chi connectivity index (χ3n) is 1.87. The zero-order valence-corrected chi connectivity index (χ0v) is 8.13. The van der Waals surface area contributed by atoms with Gasteiger partial charge in [0.1, 0.15) is 12.4 Å². The number of hydrogen-bond acceptors (Lipinski definition) is 4. The van der Waals surface area contributed by atoms with Gasteiger partial charge >= 0.3 is 0 Å². The molecular weight excluding hydrogens is 190 g/mol. The van der Waals surface area contributed by atoms with Crippen molar-refractivity contribution in [3.63, 3.8) is 0 Å². The van der Waals surface area contributed by atoms with Gasteiger partial charge in [0.2, 0.25) is 0 Å². The van der Waals surface area contributed by atoms with Crippen LogP contribution in [0.5, 0.6) is 5.75 Å². The third kappa shape index (κ3) is 2.67. The Morgan fingerprint density at radius 2 is 1.73 bits per heavy atom. The molecular formula is C11H11N3O. The lowest BCUT2D eigenvalue weighted by Gasteiger charge is -2.04. The highest BCUT2D eigenvalue weighted by atomic mass is 16.5. The highest BCUT2D eigenvalue weighted by Gasteiger charge is 1.96. The topological polar surface area (TPSA) is 61.0 Å². The molecule has 2 N–H and O–H groups in total. The molecule has 0 unspecified atom stereocenters. The monoisotopic (exact) mass is 201 g/mol. The van der Waals surface area contributed by atoms with E-state index in [0.29, 0.717) is 12.4 Å². The maximum atomic E-state index is 5.55. The van der Waals surface area contributed by atoms with Gasteiger partial charge in [-0.2, -0.15) is 0 Å². The second kappa shape index (κ2) is 4.41. The Balaban J connectivity index is 1.96. The minimum Gasteiger partial charge on any atom is -0.486 e. The van der Waals surface area contributed by atoms with Crippen molar-refractivity contribution in [1.82, 2.24) is 9.97 Å². The number of nitrogens with two attached hydrogens (primary N) is 1. The number of benzene rings is 1. The SMILES string of the molecule is Nc1ccc(OCc2ncccn2)cc1. The largest absolute Gasteiger partial charge is 0.486 e. The smallest absolute Gasteiger partial charge is 0.166 e. The minimum absolute atomic E-state index is 0.366. The van der Waals surface area contributed by atoms with Crippen LogP contribution in [0.2, 0.25) is 0 Å². The van der Waals surface area contributed by atoms with Crippen LogP contribution < -0.4 is 10.5 Å². The molecule has 0 spiro atoms. The van der Waals surface area contributed by atoms with Gasteiger partial charge in [-0.15, -0.1) is 0 Å². The molecule has 15 heavy (non-hydrogen) atoms. The number of aromatic nitrogens is 2. The summed E-state index contributed by atoms with van der Waals surface area (Å²) in [6, 6.07) is 8.99. The predicted molar refractivity (Wildman–Crippen MR) is 57.2 cm³/mol. The molecule has 2 aromatic rings. The second-order valence-electron chi connectivity index (χ2n) is 3.02. The van der Waals surface area contributed by atoms with Crippen molar-refractivity contribution in [3.05, 3.63) is 48.5 Å². The summed E-state index contributed by atoms with van der Waals surface area (Å²) in [5, 5.41) is 0. The first-order chi connectivity index (χ1) is 7.34. The van der Waals surface area contributed by atoms with E-state index in [4.69, 9.17) is 10.5 Å². The van der Waals surface area contributed by atoms with Gasteiger partial charge in [0.05, 0.1) is 0 Å². The average Bonchev–Trinajstić information content (AvgIpc) is 2.30. The van der Waals surface area contributed by atoms with Gasteiger partial charge in [0, 0.05) is 18.1 Å². The van der Waals surface area contributed by atoms with Gasteiger partial charge in [0.25, 0.3) is 0 Å². The normalized spacial score (nSPS) is 9.87. The van der Waals surface area contributed by atoms with Crippen molar-refractivity contribution in [2.75, 3.05) is 5.73 Å². The quantitative estimate of drug-likeness (QED) is 0.767. The standard InChI is InChI=1S/C11H11N3O/c12-9-2-4-10(5-3-9)15-8-11-13-6-1-7-14-11/h1-7H,8,12H2. The first-order valence-electron chi connectivity index (χ1n) is 4.59. The molecule has 4 heteroatoms. The fraction of sp³-hybridized carbons (Fsp3) is 0.0909. The Kier molecular flexibility index (Phi) is 2.78. The van der Waals surface area contributed by atoms with Gasteiger partial charge in [-0.3, -0.25) is 0 Å². The van der Waals surface area contributed by atoms with E-state index in [1.807, 2.05) is 12.1 Å². The number of anilines is 1. The molecule has 0 aliphatic heterocycles. The van der Waals surface area contributed by atoms with Crippen LogP contribution in [0.25, 0.3) is 0 Å². The van der Waals surface area contributed by atoms with E-state index in [1.165, 1.54) is 0 Å². The van der Waals surface area contributed by atoms with E-state index in [-0.39, 0.29) is 0 Å². The van der Waals surface area contributed by atoms with Crippen LogP contribution in [-0.2, 0) is 6.61 Å². The molecule has 0 atom stereocenters. The van der Waals surface area contributed by atoms with Crippen LogP contribution in [-0.4, -0.2) is 9.97 Å². The zero-order valence-electron chi connectivity index (χ0n) is 8.13. The van der Waals surface area contributed by atoms with Crippen molar-refractivity contribution in [2.45, 2.75) is 6.61 Å². The summed E-state index contributed by atoms with van der Waals surface area (Å²) in [7, 11) is 0. The molecule has 76 valence electrons. The second-order valence-corrected chi connectivity index (χ2v) is 3.02. The van der Waals surface area contributed by atoms with Crippen LogP contribution in [0.1, 0.15) is 5.82 Å². The summed E-state index contributed by atoms with van der Waals surface area (Å²) >= 11 is 0. The molecule has 0 fully saturated rings. The Hall–Kier alpha value is -2.10. The number of rotatable bonds is 3. The van der Waals surface area contributed by atoms with Crippen molar-refractivity contribution in [3.8, 4) is 5.75 Å². The summed E-state index contributed by atoms with van der Waals surface area (Å²) < 4.78 is 5.47. The third-order valence-corrected chi connectivity index (χ3v) is 1.87. The highest BCUT2D eigenvalue weighted by Crippen LogP contribution is 2.13. The van der Waals surface area contributed by atoms with E-state index in [2.05, 4.69) is 9.97 Å². The van der Waals surface area contributed by atoms with Crippen LogP contribution in [0.3, 0.4) is 0 Å². The first-order valence-corrected chi connectivity index (χ1v) is 4.59. The summed E-state index contributed by atoms with van der Waals surface area (Å²) in [6.07, 6.45) is 3.38. The maximum Gasteiger partial charge on any atom is 0.166 e. The lowest BCUT2D eigenvalue weighted by atomic mass is 10.3. The van der Waals surface area contributed by atoms with E-state index in [9.17, 15) is 0 Å². The molecule has 1 heterocycles. The summed E-state index contributed by atoms with van der Waals surface area (Å²) in [4.78, 5) is 8.10. The molecule has 0 saturated heterocycles. The van der Waals surface area contributed by atoms with Crippen LogP contribution >= 0.6 is 0 Å². The van der Waals surface area contributed by atoms with Crippen molar-refractivity contribution in [2.24, 2.45) is 0 Å². The Morgan fingerprint density at radius 3 is 2.40 bits per heavy atom. The Bertz CT molecular complexity index is 414. The molecule has 0 bridgehead atoms. The first kappa shape index (κ1) is 9.45. The predicted octanol–water partition coefficient (Wildman–Crippen LogP) is 1.64. The van der Waals surface area contributed by atoms with Gasteiger partial charge in [-0.05, 0) is 30.3 Å². The minimum atomic E-state index is 0.366. The summed E-state index contributed by atoms with van der Waals surface area (Å²) in [6.45, 7) is 0.366. The molecule has 0 aliphatic rings. The van der Waals surface area contributed by atoms with Crippen molar-refractivity contribution >= 4 is 5.69 Å². The Labute approximate surface area is 87.7 Å². The summed E-state index contributed by atoms with van der Waals surface area (Å²) in [5.74, 6) is 1.42. The molecule has 1 aromatic heterocycles. The highest BCUT2D eigenvalue weighted by molar-refractivity contribution is 5.41. The van der Waals surface area contributed by atoms with Gasteiger partial charge in [-0.25, -0.2) is 9.97 Å².